The second-order valence-corrected chi connectivity index (χ2v) is 3.33. The number of likely N-dealkylation sites (tertiary alicyclic amines) is 1. The number of methoxy groups -OCH3 is 1. The summed E-state index contributed by atoms with van der Waals surface area (Å²) in [5.41, 5.74) is 0. The lowest BCUT2D eigenvalue weighted by atomic mass is 10.0. The average Bonchev–Trinajstić information content (AvgIpc) is 2.48. The maximum absolute atomic E-state index is 11.3. The van der Waals surface area contributed by atoms with Crippen LogP contribution in [0.1, 0.15) is 13.3 Å². The lowest BCUT2D eigenvalue weighted by molar-refractivity contribution is -0.146. The van der Waals surface area contributed by atoms with Crippen molar-refractivity contribution in [2.45, 2.75) is 19.4 Å². The largest absolute Gasteiger partial charge is 0.469 e. The van der Waals surface area contributed by atoms with Crippen molar-refractivity contribution in [1.29, 1.82) is 0 Å². The third-order valence-electron chi connectivity index (χ3n) is 2.68. The van der Waals surface area contributed by atoms with Gasteiger partial charge in [0, 0.05) is 12.6 Å². The van der Waals surface area contributed by atoms with E-state index in [0.717, 1.165) is 13.0 Å². The molecule has 1 saturated heterocycles. The first-order valence-electron chi connectivity index (χ1n) is 4.46. The van der Waals surface area contributed by atoms with Gasteiger partial charge in [0.25, 0.3) is 0 Å². The second kappa shape index (κ2) is 4.29. The van der Waals surface area contributed by atoms with Gasteiger partial charge in [0.15, 0.2) is 0 Å². The van der Waals surface area contributed by atoms with E-state index >= 15 is 0 Å². The van der Waals surface area contributed by atoms with E-state index in [1.54, 1.807) is 0 Å². The summed E-state index contributed by atoms with van der Waals surface area (Å²) in [5, 5.41) is 0. The van der Waals surface area contributed by atoms with E-state index in [0.29, 0.717) is 6.54 Å². The Balaban J connectivity index is 2.55. The number of terminal acetylenes is 1. The zero-order valence-electron chi connectivity index (χ0n) is 8.12. The van der Waals surface area contributed by atoms with Crippen LogP contribution in [0, 0.1) is 18.3 Å². The summed E-state index contributed by atoms with van der Waals surface area (Å²) in [7, 11) is 1.43. The Labute approximate surface area is 79.1 Å². The highest BCUT2D eigenvalue weighted by molar-refractivity contribution is 5.73. The molecule has 2 atom stereocenters. The van der Waals surface area contributed by atoms with E-state index in [9.17, 15) is 4.79 Å². The molecule has 0 aromatic carbocycles. The molecule has 3 nitrogen and oxygen atoms in total. The Kier molecular flexibility index (Phi) is 3.32. The van der Waals surface area contributed by atoms with E-state index in [-0.39, 0.29) is 17.9 Å². The van der Waals surface area contributed by atoms with Crippen LogP contribution in [-0.2, 0) is 9.53 Å². The predicted molar refractivity (Wildman–Crippen MR) is 50.0 cm³/mol. The number of rotatable bonds is 2. The molecule has 1 aliphatic rings. The maximum Gasteiger partial charge on any atom is 0.310 e. The van der Waals surface area contributed by atoms with Gasteiger partial charge in [0.2, 0.25) is 0 Å². The number of hydrogen-bond acceptors (Lipinski definition) is 3. The van der Waals surface area contributed by atoms with E-state index in [4.69, 9.17) is 11.2 Å². The number of ether oxygens (including phenoxy) is 1. The van der Waals surface area contributed by atoms with Gasteiger partial charge in [-0.05, 0) is 13.3 Å². The fourth-order valence-corrected chi connectivity index (χ4v) is 1.81. The normalized spacial score (nSPS) is 28.4. The van der Waals surface area contributed by atoms with Crippen LogP contribution in [0.25, 0.3) is 0 Å². The minimum absolute atomic E-state index is 0.00153. The summed E-state index contributed by atoms with van der Waals surface area (Å²) in [6.07, 6.45) is 6.07. The average molecular weight is 181 g/mol. The number of hydrogen-bond donors (Lipinski definition) is 0. The standard InChI is InChI=1S/C10H15NO2/c1-4-6-11-7-5-9(8(11)2)10(12)13-3/h1,8-9H,5-7H2,2-3H3. The smallest absolute Gasteiger partial charge is 0.310 e. The maximum atomic E-state index is 11.3. The lowest BCUT2D eigenvalue weighted by Crippen LogP contribution is -2.33. The van der Waals surface area contributed by atoms with Crippen LogP contribution in [0.4, 0.5) is 0 Å². The van der Waals surface area contributed by atoms with Crippen LogP contribution in [0.2, 0.25) is 0 Å². The first-order valence-corrected chi connectivity index (χ1v) is 4.46. The quantitative estimate of drug-likeness (QED) is 0.459. The Bertz CT molecular complexity index is 232. The molecule has 0 aromatic heterocycles. The van der Waals surface area contributed by atoms with Gasteiger partial charge in [0.1, 0.15) is 0 Å². The highest BCUT2D eigenvalue weighted by atomic mass is 16.5. The van der Waals surface area contributed by atoms with Crippen molar-refractivity contribution in [3.05, 3.63) is 0 Å². The zero-order valence-corrected chi connectivity index (χ0v) is 8.12. The third-order valence-corrected chi connectivity index (χ3v) is 2.68. The van der Waals surface area contributed by atoms with Crippen LogP contribution >= 0.6 is 0 Å². The zero-order chi connectivity index (χ0) is 9.84. The van der Waals surface area contributed by atoms with Crippen LogP contribution in [0.5, 0.6) is 0 Å². The summed E-state index contributed by atoms with van der Waals surface area (Å²) in [4.78, 5) is 13.4. The molecule has 1 aliphatic heterocycles. The molecule has 1 rings (SSSR count). The fourth-order valence-electron chi connectivity index (χ4n) is 1.81. The molecule has 13 heavy (non-hydrogen) atoms. The Morgan fingerprint density at radius 3 is 3.00 bits per heavy atom. The Hall–Kier alpha value is -1.01. The van der Waals surface area contributed by atoms with Crippen molar-refractivity contribution in [3.8, 4) is 12.3 Å². The monoisotopic (exact) mass is 181 g/mol. The molecule has 72 valence electrons. The predicted octanol–water partition coefficient (Wildman–Crippen LogP) is 0.503. The van der Waals surface area contributed by atoms with E-state index in [1.807, 2.05) is 6.92 Å². The molecule has 1 heterocycles. The van der Waals surface area contributed by atoms with Gasteiger partial charge in [-0.15, -0.1) is 6.42 Å². The molecule has 0 amide bonds. The number of carbonyl (C=O) groups excluding carboxylic acids is 1. The van der Waals surface area contributed by atoms with Crippen LogP contribution < -0.4 is 0 Å². The summed E-state index contributed by atoms with van der Waals surface area (Å²) < 4.78 is 4.71. The molecule has 0 spiro atoms. The van der Waals surface area contributed by atoms with Crippen LogP contribution in [0.15, 0.2) is 0 Å². The molecule has 0 aromatic rings. The highest BCUT2D eigenvalue weighted by Crippen LogP contribution is 2.24. The molecule has 0 N–H and O–H groups in total. The van der Waals surface area contributed by atoms with E-state index < -0.39 is 0 Å². The molecule has 0 radical (unpaired) electrons. The third kappa shape index (κ3) is 2.02. The summed E-state index contributed by atoms with van der Waals surface area (Å²) >= 11 is 0. The topological polar surface area (TPSA) is 29.5 Å². The van der Waals surface area contributed by atoms with Gasteiger partial charge in [0.05, 0.1) is 19.6 Å². The van der Waals surface area contributed by atoms with E-state index in [2.05, 4.69) is 10.8 Å². The van der Waals surface area contributed by atoms with Crippen molar-refractivity contribution < 1.29 is 9.53 Å². The molecule has 1 fully saturated rings. The van der Waals surface area contributed by atoms with Gasteiger partial charge >= 0.3 is 5.97 Å². The first kappa shape index (κ1) is 10.1. The van der Waals surface area contributed by atoms with Crippen LogP contribution in [0.3, 0.4) is 0 Å². The van der Waals surface area contributed by atoms with Gasteiger partial charge in [-0.2, -0.15) is 0 Å². The number of carbonyl (C=O) groups is 1. The highest BCUT2D eigenvalue weighted by Gasteiger charge is 2.35. The van der Waals surface area contributed by atoms with Gasteiger partial charge in [-0.25, -0.2) is 0 Å². The molecule has 0 saturated carbocycles. The van der Waals surface area contributed by atoms with Crippen molar-refractivity contribution in [1.82, 2.24) is 4.90 Å². The molecular weight excluding hydrogens is 166 g/mol. The minimum Gasteiger partial charge on any atom is -0.469 e. The molecule has 3 heteroatoms. The second-order valence-electron chi connectivity index (χ2n) is 3.33. The fraction of sp³-hybridized carbons (Fsp3) is 0.700. The lowest BCUT2D eigenvalue weighted by Gasteiger charge is -2.20. The number of esters is 1. The van der Waals surface area contributed by atoms with Crippen molar-refractivity contribution in [2.24, 2.45) is 5.92 Å². The summed E-state index contributed by atoms with van der Waals surface area (Å²) in [6, 6.07) is 0.212. The Morgan fingerprint density at radius 2 is 2.46 bits per heavy atom. The van der Waals surface area contributed by atoms with Crippen molar-refractivity contribution in [3.63, 3.8) is 0 Å². The minimum atomic E-state index is -0.118. The Morgan fingerprint density at radius 1 is 1.77 bits per heavy atom. The summed E-state index contributed by atoms with van der Waals surface area (Å²) in [5.74, 6) is 2.47. The molecule has 2 unspecified atom stereocenters. The molecule has 0 aliphatic carbocycles. The van der Waals surface area contributed by atoms with Gasteiger partial charge in [-0.1, -0.05) is 5.92 Å². The van der Waals surface area contributed by atoms with Gasteiger partial charge < -0.3 is 4.74 Å². The first-order chi connectivity index (χ1) is 6.20. The number of nitrogens with zero attached hydrogens (tertiary/aromatic N) is 1. The van der Waals surface area contributed by atoms with Crippen LogP contribution in [-0.4, -0.2) is 37.1 Å². The van der Waals surface area contributed by atoms with Crippen molar-refractivity contribution in [2.75, 3.05) is 20.2 Å². The van der Waals surface area contributed by atoms with E-state index in [1.165, 1.54) is 7.11 Å². The SMILES string of the molecule is C#CCN1CCC(C(=O)OC)C1C. The van der Waals surface area contributed by atoms with Gasteiger partial charge in [-0.3, -0.25) is 9.69 Å². The van der Waals surface area contributed by atoms with Crippen molar-refractivity contribution >= 4 is 5.97 Å². The summed E-state index contributed by atoms with van der Waals surface area (Å²) in [6.45, 7) is 3.53. The molecule has 0 bridgehead atoms. The molecular formula is C10H15NO2.